The third-order valence-corrected chi connectivity index (χ3v) is 6.84. The Morgan fingerprint density at radius 1 is 1.13 bits per heavy atom. The number of sulfonamides is 1. The Hall–Kier alpha value is -4.49. The van der Waals surface area contributed by atoms with Crippen LogP contribution in [0.5, 0.6) is 11.6 Å². The average molecular weight is 543 g/mol. The summed E-state index contributed by atoms with van der Waals surface area (Å²) < 4.78 is 55.0. The van der Waals surface area contributed by atoms with Crippen molar-refractivity contribution >= 4 is 27.6 Å². The van der Waals surface area contributed by atoms with E-state index < -0.39 is 33.8 Å². The molecule has 0 aliphatic rings. The lowest BCUT2D eigenvalue weighted by Crippen LogP contribution is -2.30. The highest BCUT2D eigenvalue weighted by Crippen LogP contribution is 2.35. The molecular formula is C25H23FN4O7S. The van der Waals surface area contributed by atoms with Crippen molar-refractivity contribution in [3.8, 4) is 17.3 Å². The van der Waals surface area contributed by atoms with Crippen LogP contribution in [0, 0.1) is 12.7 Å². The number of benzene rings is 2. The number of aromatic carboxylic acids is 1. The van der Waals surface area contributed by atoms with Gasteiger partial charge in [0, 0.05) is 17.3 Å². The molecule has 1 amide bonds. The number of hydrogen-bond donors (Lipinski definition) is 3. The summed E-state index contributed by atoms with van der Waals surface area (Å²) >= 11 is 0. The molecule has 0 saturated heterocycles. The molecule has 2 aromatic carbocycles. The van der Waals surface area contributed by atoms with Gasteiger partial charge in [0.1, 0.15) is 16.5 Å². The number of carbonyl (C=O) groups excluding carboxylic acids is 1. The van der Waals surface area contributed by atoms with Gasteiger partial charge in [-0.3, -0.25) is 4.79 Å². The second-order valence-corrected chi connectivity index (χ2v) is 10.1. The fourth-order valence-corrected chi connectivity index (χ4v) is 4.95. The van der Waals surface area contributed by atoms with E-state index >= 15 is 0 Å². The molecule has 0 unspecified atom stereocenters. The zero-order valence-corrected chi connectivity index (χ0v) is 21.2. The predicted molar refractivity (Wildman–Crippen MR) is 134 cm³/mol. The van der Waals surface area contributed by atoms with E-state index in [-0.39, 0.29) is 44.9 Å². The maximum absolute atomic E-state index is 13.9. The molecule has 4 rings (SSSR count). The second kappa shape index (κ2) is 10.5. The first-order valence-electron chi connectivity index (χ1n) is 11.2. The number of rotatable bonds is 9. The SMILES string of the molecule is Cc1c(C(=O)O)nn(-c2cccc(F)c2)c1Oc1ccc(NC(=O)c2ccco2)cc1S(=O)(=O)NC(C)C. The summed E-state index contributed by atoms with van der Waals surface area (Å²) in [5, 5.41) is 16.2. The number of anilines is 1. The van der Waals surface area contributed by atoms with Gasteiger partial charge in [-0.25, -0.2) is 22.3 Å². The molecule has 2 heterocycles. The normalized spacial score (nSPS) is 11.5. The standard InChI is InChI=1S/C25H23FN4O7S/c1-14(2)29-38(34,35)21-13-17(27-23(31)20-8-5-11-36-20)9-10-19(21)37-24-15(3)22(25(32)33)28-30(24)18-7-4-6-16(26)12-18/h4-14,29H,1-3H3,(H,27,31)(H,32,33). The number of furan rings is 1. The van der Waals surface area contributed by atoms with Crippen molar-refractivity contribution in [2.45, 2.75) is 31.7 Å². The Morgan fingerprint density at radius 3 is 2.53 bits per heavy atom. The number of ether oxygens (including phenoxy) is 1. The van der Waals surface area contributed by atoms with Crippen molar-refractivity contribution in [2.24, 2.45) is 0 Å². The predicted octanol–water partition coefficient (Wildman–Crippen LogP) is 4.34. The summed E-state index contributed by atoms with van der Waals surface area (Å²) in [6.07, 6.45) is 1.32. The minimum atomic E-state index is -4.18. The van der Waals surface area contributed by atoms with Gasteiger partial charge in [0.25, 0.3) is 5.91 Å². The molecule has 2 aromatic heterocycles. The van der Waals surface area contributed by atoms with Crippen LogP contribution in [0.1, 0.15) is 40.5 Å². The van der Waals surface area contributed by atoms with E-state index in [1.165, 1.54) is 61.7 Å². The van der Waals surface area contributed by atoms with E-state index in [0.29, 0.717) is 0 Å². The lowest BCUT2D eigenvalue weighted by Gasteiger charge is -2.17. The van der Waals surface area contributed by atoms with E-state index in [0.717, 1.165) is 10.7 Å². The Morgan fingerprint density at radius 2 is 1.89 bits per heavy atom. The van der Waals surface area contributed by atoms with Gasteiger partial charge in [0.2, 0.25) is 15.9 Å². The van der Waals surface area contributed by atoms with Crippen LogP contribution in [0.25, 0.3) is 5.69 Å². The molecule has 13 heteroatoms. The van der Waals surface area contributed by atoms with Crippen molar-refractivity contribution in [1.29, 1.82) is 0 Å². The van der Waals surface area contributed by atoms with Crippen molar-refractivity contribution in [3.63, 3.8) is 0 Å². The van der Waals surface area contributed by atoms with Gasteiger partial charge in [-0.1, -0.05) is 6.07 Å². The Labute approximate surface area is 216 Å². The molecule has 0 fully saturated rings. The van der Waals surface area contributed by atoms with Gasteiger partial charge in [-0.05, 0) is 69.3 Å². The molecule has 4 aromatic rings. The van der Waals surface area contributed by atoms with Crippen molar-refractivity contribution in [2.75, 3.05) is 5.32 Å². The number of amides is 1. The summed E-state index contributed by atoms with van der Waals surface area (Å²) in [6.45, 7) is 4.69. The first kappa shape index (κ1) is 26.6. The Bertz CT molecular complexity index is 1610. The number of nitrogens with one attached hydrogen (secondary N) is 2. The maximum atomic E-state index is 13.9. The van der Waals surface area contributed by atoms with Gasteiger partial charge in [-0.2, -0.15) is 9.78 Å². The first-order chi connectivity index (χ1) is 18.0. The number of nitrogens with zero attached hydrogens (tertiary/aromatic N) is 2. The van der Waals surface area contributed by atoms with Crippen molar-refractivity contribution < 1.29 is 36.7 Å². The number of carbonyl (C=O) groups is 2. The number of carboxylic acid groups (broad SMARTS) is 1. The van der Waals surface area contributed by atoms with Gasteiger partial charge >= 0.3 is 5.97 Å². The quantitative estimate of drug-likeness (QED) is 0.282. The van der Waals surface area contributed by atoms with Crippen LogP contribution in [-0.4, -0.2) is 41.2 Å². The first-order valence-corrected chi connectivity index (χ1v) is 12.7. The number of halogens is 1. The van der Waals surface area contributed by atoms with Crippen LogP contribution < -0.4 is 14.8 Å². The van der Waals surface area contributed by atoms with E-state index in [4.69, 9.17) is 9.15 Å². The highest BCUT2D eigenvalue weighted by molar-refractivity contribution is 7.89. The van der Waals surface area contributed by atoms with Crippen LogP contribution in [-0.2, 0) is 10.0 Å². The molecule has 0 aliphatic carbocycles. The van der Waals surface area contributed by atoms with Gasteiger partial charge in [0.15, 0.2) is 11.5 Å². The van der Waals surface area contributed by atoms with E-state index in [1.807, 2.05) is 0 Å². The lowest BCUT2D eigenvalue weighted by molar-refractivity contribution is 0.0689. The van der Waals surface area contributed by atoms with Gasteiger partial charge < -0.3 is 19.6 Å². The minimum Gasteiger partial charge on any atom is -0.476 e. The van der Waals surface area contributed by atoms with Crippen LogP contribution in [0.4, 0.5) is 10.1 Å². The van der Waals surface area contributed by atoms with Crippen LogP contribution in [0.15, 0.2) is 70.2 Å². The fraction of sp³-hybridized carbons (Fsp3) is 0.160. The number of hydrogen-bond acceptors (Lipinski definition) is 7. The molecule has 198 valence electrons. The third kappa shape index (κ3) is 5.58. The maximum Gasteiger partial charge on any atom is 0.356 e. The zero-order chi connectivity index (χ0) is 27.6. The molecular weight excluding hydrogens is 519 g/mol. The summed E-state index contributed by atoms with van der Waals surface area (Å²) in [5.74, 6) is -2.86. The van der Waals surface area contributed by atoms with Crippen molar-refractivity contribution in [1.82, 2.24) is 14.5 Å². The Kier molecular flexibility index (Phi) is 7.32. The second-order valence-electron chi connectivity index (χ2n) is 8.45. The molecule has 0 radical (unpaired) electrons. The minimum absolute atomic E-state index is 0.0193. The average Bonchev–Trinajstić information content (AvgIpc) is 3.48. The molecule has 11 nitrogen and oxygen atoms in total. The summed E-state index contributed by atoms with van der Waals surface area (Å²) in [6, 6.07) is 11.6. The monoisotopic (exact) mass is 542 g/mol. The van der Waals surface area contributed by atoms with Crippen LogP contribution in [0.3, 0.4) is 0 Å². The van der Waals surface area contributed by atoms with E-state index in [9.17, 15) is 27.5 Å². The van der Waals surface area contributed by atoms with Crippen molar-refractivity contribution in [3.05, 3.63) is 83.7 Å². The molecule has 0 bridgehead atoms. The number of aromatic nitrogens is 2. The zero-order valence-electron chi connectivity index (χ0n) is 20.4. The highest BCUT2D eigenvalue weighted by atomic mass is 32.2. The van der Waals surface area contributed by atoms with E-state index in [2.05, 4.69) is 15.1 Å². The van der Waals surface area contributed by atoms with Crippen LogP contribution in [0.2, 0.25) is 0 Å². The number of carboxylic acids is 1. The molecule has 0 spiro atoms. The molecule has 0 aliphatic heterocycles. The topological polar surface area (TPSA) is 153 Å². The molecule has 0 atom stereocenters. The molecule has 3 N–H and O–H groups in total. The molecule has 38 heavy (non-hydrogen) atoms. The van der Waals surface area contributed by atoms with Gasteiger partial charge in [-0.15, -0.1) is 0 Å². The molecule has 0 saturated carbocycles. The van der Waals surface area contributed by atoms with Gasteiger partial charge in [0.05, 0.1) is 12.0 Å². The largest absolute Gasteiger partial charge is 0.476 e. The van der Waals surface area contributed by atoms with E-state index in [1.54, 1.807) is 13.8 Å². The summed E-state index contributed by atoms with van der Waals surface area (Å²) in [4.78, 5) is 23.9. The third-order valence-electron chi connectivity index (χ3n) is 5.16. The smallest absolute Gasteiger partial charge is 0.356 e. The highest BCUT2D eigenvalue weighted by Gasteiger charge is 2.27. The van der Waals surface area contributed by atoms with Crippen LogP contribution >= 0.6 is 0 Å². The fourth-order valence-electron chi connectivity index (χ4n) is 3.54. The summed E-state index contributed by atoms with van der Waals surface area (Å²) in [5.41, 5.74) is 0.000502. The Balaban J connectivity index is 1.82. The lowest BCUT2D eigenvalue weighted by atomic mass is 10.2. The summed E-state index contributed by atoms with van der Waals surface area (Å²) in [7, 11) is -4.18.